The number of nitrogens with zero attached hydrogens (tertiary/aromatic N) is 4. The zero-order chi connectivity index (χ0) is 55.5. The van der Waals surface area contributed by atoms with Crippen LogP contribution in [0.3, 0.4) is 0 Å². The molecular formula is C78H53BN4S. The van der Waals surface area contributed by atoms with Crippen LogP contribution in [0.1, 0.15) is 0 Å². The fraction of sp³-hybridized carbons (Fsp3) is 0. The molecule has 84 heavy (non-hydrogen) atoms. The average molecular weight is 1090 g/mol. The van der Waals surface area contributed by atoms with Gasteiger partial charge in [0.05, 0.1) is 17.1 Å². The van der Waals surface area contributed by atoms with Crippen molar-refractivity contribution in [3.8, 4) is 33.4 Å². The van der Waals surface area contributed by atoms with Gasteiger partial charge in [0.2, 0.25) is 0 Å². The fourth-order valence-corrected chi connectivity index (χ4v) is 14.5. The molecular weight excluding hydrogens is 1040 g/mol. The van der Waals surface area contributed by atoms with Crippen molar-refractivity contribution >= 4 is 123 Å². The molecule has 394 valence electrons. The molecule has 0 saturated carbocycles. The van der Waals surface area contributed by atoms with E-state index in [0.717, 1.165) is 102 Å². The molecule has 0 unspecified atom stereocenters. The Kier molecular flexibility index (Phi) is 12.1. The quantitative estimate of drug-likeness (QED) is 0.120. The lowest BCUT2D eigenvalue weighted by Crippen LogP contribution is -2.61. The van der Waals surface area contributed by atoms with Gasteiger partial charge in [-0.05, 0) is 136 Å². The third kappa shape index (κ3) is 8.21. The molecule has 2 aliphatic heterocycles. The minimum Gasteiger partial charge on any atom is -0.311 e. The number of para-hydroxylation sites is 6. The van der Waals surface area contributed by atoms with Crippen LogP contribution in [0, 0.1) is 0 Å². The molecule has 0 amide bonds. The zero-order valence-corrected chi connectivity index (χ0v) is 46.7. The van der Waals surface area contributed by atoms with Crippen molar-refractivity contribution in [3.63, 3.8) is 0 Å². The van der Waals surface area contributed by atoms with E-state index in [4.69, 9.17) is 0 Å². The number of fused-ring (bicyclic) bond motifs is 8. The first kappa shape index (κ1) is 49.2. The van der Waals surface area contributed by atoms with Crippen LogP contribution in [-0.2, 0) is 0 Å². The van der Waals surface area contributed by atoms with Crippen LogP contribution in [0.4, 0.5) is 68.2 Å². The van der Waals surface area contributed by atoms with E-state index in [1.165, 1.54) is 36.6 Å². The SMILES string of the molecule is c1ccc(-c2cc3c4c(c2)N(c2ccccc2-c2ccccc2)c2cc(N(c5ccccc5)c5ccccc5)c5c(sc6ccccc65)c2B4c2ccc(N(c4ccccc4)c4ccccc4)cc2N3c2ccccc2-c2ccccc2)cc1. The van der Waals surface area contributed by atoms with Crippen LogP contribution >= 0.6 is 11.3 Å². The standard InChI is InChI=1S/C78H53BN4S/c1-8-28-54(29-9-1)57-50-71-76-72(51-57)83(68-46-26-23-43-64(68)56-32-12-3-13-33-56)73-53-70(81(60-38-18-6-19-39-60)61-40-20-7-21-41-61)75-65-44-24-27-47-74(65)84-78(75)77(73)79(76)66-49-48-62(80(58-34-14-4-15-35-58)59-36-16-5-17-37-59)52-69(66)82(71)67-45-25-22-42-63(67)55-30-10-2-11-31-55/h1-53H. The van der Waals surface area contributed by atoms with Gasteiger partial charge in [-0.1, -0.05) is 224 Å². The molecule has 0 aliphatic carbocycles. The Morgan fingerprint density at radius 1 is 0.286 bits per heavy atom. The van der Waals surface area contributed by atoms with Gasteiger partial charge >= 0.3 is 0 Å². The molecule has 0 saturated heterocycles. The number of benzene rings is 13. The third-order valence-corrected chi connectivity index (χ3v) is 18.0. The van der Waals surface area contributed by atoms with Gasteiger partial charge < -0.3 is 19.6 Å². The highest BCUT2D eigenvalue weighted by Crippen LogP contribution is 2.54. The summed E-state index contributed by atoms with van der Waals surface area (Å²) in [5.74, 6) is 0. The first-order valence-electron chi connectivity index (χ1n) is 28.8. The molecule has 3 heterocycles. The summed E-state index contributed by atoms with van der Waals surface area (Å²) in [5, 5.41) is 2.47. The van der Waals surface area contributed by atoms with Gasteiger partial charge in [0.25, 0.3) is 6.71 Å². The Labute approximate surface area is 494 Å². The molecule has 2 aliphatic rings. The normalized spacial score (nSPS) is 12.2. The maximum Gasteiger partial charge on any atom is 0.254 e. The Morgan fingerprint density at radius 2 is 0.702 bits per heavy atom. The summed E-state index contributed by atoms with van der Waals surface area (Å²) in [6.45, 7) is -0.215. The summed E-state index contributed by atoms with van der Waals surface area (Å²) in [6.07, 6.45) is 0. The first-order valence-corrected chi connectivity index (χ1v) is 29.6. The van der Waals surface area contributed by atoms with E-state index in [1.54, 1.807) is 0 Å². The summed E-state index contributed by atoms with van der Waals surface area (Å²) in [4.78, 5) is 10.1. The van der Waals surface area contributed by atoms with Gasteiger partial charge in [0, 0.05) is 82.5 Å². The maximum absolute atomic E-state index is 2.63. The highest BCUT2D eigenvalue weighted by Gasteiger charge is 2.46. The second-order valence-corrected chi connectivity index (χ2v) is 22.6. The summed E-state index contributed by atoms with van der Waals surface area (Å²) >= 11 is 1.92. The Morgan fingerprint density at radius 3 is 1.23 bits per heavy atom. The number of rotatable bonds is 11. The zero-order valence-electron chi connectivity index (χ0n) is 45.9. The van der Waals surface area contributed by atoms with E-state index in [9.17, 15) is 0 Å². The van der Waals surface area contributed by atoms with Gasteiger partial charge in [-0.2, -0.15) is 0 Å². The molecule has 16 rings (SSSR count). The third-order valence-electron chi connectivity index (χ3n) is 16.8. The average Bonchev–Trinajstić information content (AvgIpc) is 1.11. The molecule has 14 aromatic rings. The van der Waals surface area contributed by atoms with E-state index in [1.807, 2.05) is 11.3 Å². The molecule has 0 fully saturated rings. The van der Waals surface area contributed by atoms with E-state index in [-0.39, 0.29) is 6.71 Å². The molecule has 0 spiro atoms. The van der Waals surface area contributed by atoms with Crippen molar-refractivity contribution in [2.45, 2.75) is 0 Å². The van der Waals surface area contributed by atoms with E-state index >= 15 is 0 Å². The second-order valence-electron chi connectivity index (χ2n) is 21.6. The first-order chi connectivity index (χ1) is 41.7. The molecule has 6 heteroatoms. The molecule has 13 aromatic carbocycles. The number of thiophene rings is 1. The Bertz CT molecular complexity index is 4640. The summed E-state index contributed by atoms with van der Waals surface area (Å²) in [5.41, 5.74) is 23.9. The van der Waals surface area contributed by atoms with Crippen LogP contribution in [0.2, 0.25) is 0 Å². The van der Waals surface area contributed by atoms with Crippen molar-refractivity contribution in [3.05, 3.63) is 322 Å². The van der Waals surface area contributed by atoms with Crippen LogP contribution < -0.4 is 36.0 Å². The highest BCUT2D eigenvalue weighted by molar-refractivity contribution is 7.28. The smallest absolute Gasteiger partial charge is 0.254 e. The predicted octanol–water partition coefficient (Wildman–Crippen LogP) is 20.1. The second kappa shape index (κ2) is 20.7. The topological polar surface area (TPSA) is 13.0 Å². The summed E-state index contributed by atoms with van der Waals surface area (Å²) < 4.78 is 2.51. The van der Waals surface area contributed by atoms with Crippen molar-refractivity contribution in [1.29, 1.82) is 0 Å². The van der Waals surface area contributed by atoms with E-state index in [2.05, 4.69) is 341 Å². The van der Waals surface area contributed by atoms with Gasteiger partial charge in [0.15, 0.2) is 0 Å². The molecule has 4 nitrogen and oxygen atoms in total. The Balaban J connectivity index is 1.09. The Hall–Kier alpha value is -10.7. The summed E-state index contributed by atoms with van der Waals surface area (Å²) in [6, 6.07) is 118. The number of hydrogen-bond acceptors (Lipinski definition) is 5. The van der Waals surface area contributed by atoms with Crippen LogP contribution in [-0.4, -0.2) is 6.71 Å². The van der Waals surface area contributed by atoms with Crippen LogP contribution in [0.5, 0.6) is 0 Å². The fourth-order valence-electron chi connectivity index (χ4n) is 13.2. The molecule has 0 radical (unpaired) electrons. The summed E-state index contributed by atoms with van der Waals surface area (Å²) in [7, 11) is 0. The van der Waals surface area contributed by atoms with Crippen LogP contribution in [0.25, 0.3) is 53.6 Å². The van der Waals surface area contributed by atoms with Gasteiger partial charge in [-0.25, -0.2) is 0 Å². The monoisotopic (exact) mass is 1090 g/mol. The minimum absolute atomic E-state index is 0.215. The van der Waals surface area contributed by atoms with Crippen molar-refractivity contribution in [1.82, 2.24) is 0 Å². The highest BCUT2D eigenvalue weighted by atomic mass is 32.1. The molecule has 1 aromatic heterocycles. The van der Waals surface area contributed by atoms with Crippen LogP contribution in [0.15, 0.2) is 322 Å². The van der Waals surface area contributed by atoms with Gasteiger partial charge in [-0.3, -0.25) is 0 Å². The lowest BCUT2D eigenvalue weighted by Gasteiger charge is -2.46. The maximum atomic E-state index is 2.63. The minimum atomic E-state index is -0.215. The molecule has 0 bridgehead atoms. The van der Waals surface area contributed by atoms with E-state index in [0.29, 0.717) is 0 Å². The lowest BCUT2D eigenvalue weighted by molar-refractivity contribution is 1.24. The van der Waals surface area contributed by atoms with E-state index < -0.39 is 0 Å². The van der Waals surface area contributed by atoms with Gasteiger partial charge in [0.1, 0.15) is 0 Å². The van der Waals surface area contributed by atoms with Crippen molar-refractivity contribution in [2.24, 2.45) is 0 Å². The largest absolute Gasteiger partial charge is 0.311 e. The number of hydrogen-bond donors (Lipinski definition) is 0. The van der Waals surface area contributed by atoms with Gasteiger partial charge in [-0.15, -0.1) is 11.3 Å². The van der Waals surface area contributed by atoms with Crippen molar-refractivity contribution in [2.75, 3.05) is 19.6 Å². The number of anilines is 12. The molecule has 0 atom stereocenters. The lowest BCUT2D eigenvalue weighted by atomic mass is 9.33. The van der Waals surface area contributed by atoms with Crippen molar-refractivity contribution < 1.29 is 0 Å². The molecule has 0 N–H and O–H groups in total. The predicted molar refractivity (Wildman–Crippen MR) is 359 cm³/mol.